The number of nitriles is 1. The maximum absolute atomic E-state index is 8.38. The van der Waals surface area contributed by atoms with E-state index in [1.165, 1.54) is 6.08 Å². The predicted octanol–water partition coefficient (Wildman–Crippen LogP) is 2.22. The monoisotopic (exact) mass is 233 g/mol. The average molecular weight is 233 g/mol. The Morgan fingerprint density at radius 1 is 1.24 bits per heavy atom. The molecule has 1 rings (SSSR count). The van der Waals surface area contributed by atoms with Gasteiger partial charge < -0.3 is 14.2 Å². The molecule has 4 heteroatoms. The third-order valence-corrected chi connectivity index (χ3v) is 1.97. The molecule has 0 aliphatic carbocycles. The van der Waals surface area contributed by atoms with Crippen LogP contribution in [0.15, 0.2) is 30.3 Å². The Morgan fingerprint density at radius 2 is 2.00 bits per heavy atom. The predicted molar refractivity (Wildman–Crippen MR) is 64.4 cm³/mol. The maximum Gasteiger partial charge on any atom is 0.189 e. The van der Waals surface area contributed by atoms with Crippen LogP contribution in [-0.4, -0.2) is 27.1 Å². The molecule has 0 N–H and O–H groups in total. The summed E-state index contributed by atoms with van der Waals surface area (Å²) in [5.41, 5.74) is 0.958. The molecular formula is C13H15NO3. The third kappa shape index (κ3) is 5.71. The zero-order valence-electron chi connectivity index (χ0n) is 9.76. The zero-order valence-corrected chi connectivity index (χ0v) is 9.76. The molecule has 1 aromatic carbocycles. The van der Waals surface area contributed by atoms with E-state index >= 15 is 0 Å². The van der Waals surface area contributed by atoms with Crippen molar-refractivity contribution < 1.29 is 14.2 Å². The fraction of sp³-hybridized carbons (Fsp3) is 0.308. The first-order valence-corrected chi connectivity index (χ1v) is 5.22. The molecule has 0 bridgehead atoms. The number of ether oxygens (including phenoxy) is 3. The van der Waals surface area contributed by atoms with Gasteiger partial charge in [-0.15, -0.1) is 0 Å². The van der Waals surface area contributed by atoms with Crippen LogP contribution in [0.25, 0.3) is 6.08 Å². The van der Waals surface area contributed by atoms with Crippen LogP contribution in [0.1, 0.15) is 5.56 Å². The quantitative estimate of drug-likeness (QED) is 0.411. The van der Waals surface area contributed by atoms with Crippen molar-refractivity contribution in [3.05, 3.63) is 35.9 Å². The van der Waals surface area contributed by atoms with Gasteiger partial charge in [0.2, 0.25) is 0 Å². The molecule has 1 aromatic rings. The molecule has 0 saturated carbocycles. The highest BCUT2D eigenvalue weighted by Gasteiger charge is 1.93. The van der Waals surface area contributed by atoms with Crippen LogP contribution in [0.4, 0.5) is 0 Å². The summed E-state index contributed by atoms with van der Waals surface area (Å²) in [6, 6.07) is 9.35. The number of hydrogen-bond acceptors (Lipinski definition) is 4. The summed E-state index contributed by atoms with van der Waals surface area (Å²) < 4.78 is 15.3. The van der Waals surface area contributed by atoms with Crippen LogP contribution in [-0.2, 0) is 9.47 Å². The number of rotatable bonds is 7. The smallest absolute Gasteiger partial charge is 0.189 e. The summed E-state index contributed by atoms with van der Waals surface area (Å²) in [5.74, 6) is 0.733. The summed E-state index contributed by atoms with van der Waals surface area (Å²) in [5, 5.41) is 8.38. The molecular weight excluding hydrogens is 218 g/mol. The van der Waals surface area contributed by atoms with E-state index in [-0.39, 0.29) is 6.79 Å². The normalized spacial score (nSPS) is 10.4. The lowest BCUT2D eigenvalue weighted by atomic mass is 10.2. The largest absolute Gasteiger partial charge is 0.468 e. The van der Waals surface area contributed by atoms with Gasteiger partial charge in [-0.3, -0.25) is 0 Å². The Bertz CT molecular complexity index is 379. The van der Waals surface area contributed by atoms with Gasteiger partial charge in [0, 0.05) is 13.2 Å². The molecule has 0 fully saturated rings. The number of nitrogens with zero attached hydrogens (tertiary/aromatic N) is 1. The summed E-state index contributed by atoms with van der Waals surface area (Å²) in [4.78, 5) is 0. The first-order chi connectivity index (χ1) is 8.36. The molecule has 0 amide bonds. The average Bonchev–Trinajstić information content (AvgIpc) is 2.37. The summed E-state index contributed by atoms with van der Waals surface area (Å²) >= 11 is 0. The second-order valence-corrected chi connectivity index (χ2v) is 3.19. The van der Waals surface area contributed by atoms with Gasteiger partial charge in [-0.05, 0) is 23.8 Å². The van der Waals surface area contributed by atoms with Crippen LogP contribution in [0.2, 0.25) is 0 Å². The highest BCUT2D eigenvalue weighted by atomic mass is 16.7. The highest BCUT2D eigenvalue weighted by molar-refractivity contribution is 5.52. The molecule has 17 heavy (non-hydrogen) atoms. The molecule has 4 nitrogen and oxygen atoms in total. The summed E-state index contributed by atoms with van der Waals surface area (Å²) in [6.07, 6.45) is 3.17. The standard InChI is InChI=1S/C13H15NO3/c1-15-9-10-16-11-17-13-6-4-12(5-7-13)3-2-8-14/h2-7H,9-11H2,1H3. The Kier molecular flexibility index (Phi) is 6.49. The molecule has 0 spiro atoms. The first-order valence-electron chi connectivity index (χ1n) is 5.22. The van der Waals surface area contributed by atoms with Crippen LogP contribution in [0.5, 0.6) is 5.75 Å². The Labute approximate surface area is 101 Å². The summed E-state index contributed by atoms with van der Waals surface area (Å²) in [7, 11) is 1.62. The lowest BCUT2D eigenvalue weighted by molar-refractivity contribution is -0.00847. The SMILES string of the molecule is COCCOCOc1ccc(C=CC#N)cc1. The van der Waals surface area contributed by atoms with E-state index in [1.54, 1.807) is 13.2 Å². The lowest BCUT2D eigenvalue weighted by Crippen LogP contribution is -2.07. The van der Waals surface area contributed by atoms with Gasteiger partial charge in [0.15, 0.2) is 6.79 Å². The third-order valence-electron chi connectivity index (χ3n) is 1.97. The highest BCUT2D eigenvalue weighted by Crippen LogP contribution is 2.12. The topological polar surface area (TPSA) is 51.5 Å². The molecule has 0 aliphatic heterocycles. The van der Waals surface area contributed by atoms with Crippen LogP contribution < -0.4 is 4.74 Å². The summed E-state index contributed by atoms with van der Waals surface area (Å²) in [6.45, 7) is 1.28. The van der Waals surface area contributed by atoms with Crippen molar-refractivity contribution >= 4 is 6.08 Å². The van der Waals surface area contributed by atoms with E-state index < -0.39 is 0 Å². The van der Waals surface area contributed by atoms with E-state index in [4.69, 9.17) is 19.5 Å². The molecule has 0 aromatic heterocycles. The molecule has 0 saturated heterocycles. The van der Waals surface area contributed by atoms with Gasteiger partial charge in [-0.2, -0.15) is 5.26 Å². The van der Waals surface area contributed by atoms with Crippen molar-refractivity contribution in [3.63, 3.8) is 0 Å². The molecule has 0 radical (unpaired) electrons. The van der Waals surface area contributed by atoms with E-state index in [2.05, 4.69) is 0 Å². The van der Waals surface area contributed by atoms with E-state index in [9.17, 15) is 0 Å². The fourth-order valence-electron chi connectivity index (χ4n) is 1.12. The van der Waals surface area contributed by atoms with Crippen molar-refractivity contribution in [1.29, 1.82) is 5.26 Å². The Balaban J connectivity index is 2.31. The molecule has 0 heterocycles. The van der Waals surface area contributed by atoms with Gasteiger partial charge >= 0.3 is 0 Å². The molecule has 0 atom stereocenters. The second-order valence-electron chi connectivity index (χ2n) is 3.19. The van der Waals surface area contributed by atoms with Gasteiger partial charge in [-0.1, -0.05) is 12.1 Å². The minimum Gasteiger partial charge on any atom is -0.468 e. The number of methoxy groups -OCH3 is 1. The van der Waals surface area contributed by atoms with Crippen LogP contribution in [0.3, 0.4) is 0 Å². The Hall–Kier alpha value is -1.83. The first kappa shape index (κ1) is 13.2. The molecule has 0 aliphatic rings. The molecule has 90 valence electrons. The van der Waals surface area contributed by atoms with E-state index in [0.717, 1.165) is 11.3 Å². The number of benzene rings is 1. The van der Waals surface area contributed by atoms with Crippen LogP contribution >= 0.6 is 0 Å². The van der Waals surface area contributed by atoms with Crippen molar-refractivity contribution in [2.24, 2.45) is 0 Å². The van der Waals surface area contributed by atoms with E-state index in [1.807, 2.05) is 30.3 Å². The van der Waals surface area contributed by atoms with Gasteiger partial charge in [0.1, 0.15) is 5.75 Å². The van der Waals surface area contributed by atoms with Gasteiger partial charge in [0.25, 0.3) is 0 Å². The minimum absolute atomic E-state index is 0.205. The maximum atomic E-state index is 8.38. The van der Waals surface area contributed by atoms with Crippen molar-refractivity contribution in [2.75, 3.05) is 27.1 Å². The minimum atomic E-state index is 0.205. The zero-order chi connectivity index (χ0) is 12.3. The number of allylic oxidation sites excluding steroid dienone is 1. The van der Waals surface area contributed by atoms with E-state index in [0.29, 0.717) is 13.2 Å². The number of hydrogen-bond donors (Lipinski definition) is 0. The van der Waals surface area contributed by atoms with Crippen molar-refractivity contribution in [3.8, 4) is 11.8 Å². The fourth-order valence-corrected chi connectivity index (χ4v) is 1.12. The molecule has 0 unspecified atom stereocenters. The van der Waals surface area contributed by atoms with Crippen LogP contribution in [0, 0.1) is 11.3 Å². The van der Waals surface area contributed by atoms with Crippen molar-refractivity contribution in [1.82, 2.24) is 0 Å². The Morgan fingerprint density at radius 3 is 2.65 bits per heavy atom. The van der Waals surface area contributed by atoms with Gasteiger partial charge in [0.05, 0.1) is 19.3 Å². The second kappa shape index (κ2) is 8.34. The lowest BCUT2D eigenvalue weighted by Gasteiger charge is -2.06. The van der Waals surface area contributed by atoms with Gasteiger partial charge in [-0.25, -0.2) is 0 Å². The van der Waals surface area contributed by atoms with Crippen molar-refractivity contribution in [2.45, 2.75) is 0 Å².